The quantitative estimate of drug-likeness (QED) is 0.768. The molecule has 0 bridgehead atoms. The van der Waals surface area contributed by atoms with Crippen molar-refractivity contribution in [2.24, 2.45) is 0 Å². The first-order valence-electron chi connectivity index (χ1n) is 7.13. The highest BCUT2D eigenvalue weighted by molar-refractivity contribution is 6.34. The highest BCUT2D eigenvalue weighted by Crippen LogP contribution is 2.19. The van der Waals surface area contributed by atoms with Gasteiger partial charge in [-0.25, -0.2) is 4.79 Å². The Hall–Kier alpha value is -1.60. The molecule has 0 N–H and O–H groups in total. The summed E-state index contributed by atoms with van der Waals surface area (Å²) in [6.07, 6.45) is -0.378. The third kappa shape index (κ3) is 4.68. The van der Waals surface area contributed by atoms with Gasteiger partial charge in [0.05, 0.1) is 5.56 Å². The van der Waals surface area contributed by atoms with Crippen LogP contribution in [0.3, 0.4) is 0 Å². The molecule has 0 atom stereocenters. The number of ether oxygens (including phenoxy) is 1. The lowest BCUT2D eigenvalue weighted by molar-refractivity contribution is 0.0141. The lowest BCUT2D eigenvalue weighted by Gasteiger charge is -2.35. The van der Waals surface area contributed by atoms with E-state index in [1.165, 1.54) is 6.07 Å². The Morgan fingerprint density at radius 1 is 1.09 bits per heavy atom. The van der Waals surface area contributed by atoms with Crippen molar-refractivity contribution in [3.63, 3.8) is 0 Å². The van der Waals surface area contributed by atoms with Crippen LogP contribution >= 0.6 is 23.2 Å². The molecule has 0 unspecified atom stereocenters. The van der Waals surface area contributed by atoms with Crippen molar-refractivity contribution in [1.29, 1.82) is 0 Å². The van der Waals surface area contributed by atoms with Crippen LogP contribution < -0.4 is 0 Å². The monoisotopic (exact) mass is 360 g/mol. The van der Waals surface area contributed by atoms with Crippen molar-refractivity contribution < 1.29 is 14.3 Å². The molecule has 0 spiro atoms. The highest BCUT2D eigenvalue weighted by atomic mass is 35.5. The van der Waals surface area contributed by atoms with Crippen LogP contribution in [-0.4, -0.2) is 63.8 Å². The molecule has 2 rings (SSSR count). The Morgan fingerprint density at radius 3 is 2.22 bits per heavy atom. The number of carbonyl (C=O) groups is 2. The van der Waals surface area contributed by atoms with Gasteiger partial charge in [-0.2, -0.15) is 0 Å². The van der Waals surface area contributed by atoms with Crippen molar-refractivity contribution in [2.45, 2.75) is 26.4 Å². The first-order valence-corrected chi connectivity index (χ1v) is 7.89. The zero-order chi connectivity index (χ0) is 17.2. The van der Waals surface area contributed by atoms with Crippen LogP contribution in [0.25, 0.3) is 0 Å². The van der Waals surface area contributed by atoms with Gasteiger partial charge in [0.25, 0.3) is 5.91 Å². The smallest absolute Gasteiger partial charge is 0.410 e. The molecular formula is C14H18Cl2N4O3. The van der Waals surface area contributed by atoms with Crippen molar-refractivity contribution in [2.75, 3.05) is 26.2 Å². The fraction of sp³-hybridized carbons (Fsp3) is 0.571. The van der Waals surface area contributed by atoms with Gasteiger partial charge in [0.2, 0.25) is 0 Å². The predicted molar refractivity (Wildman–Crippen MR) is 85.8 cm³/mol. The average Bonchev–Trinajstić information content (AvgIpc) is 2.47. The van der Waals surface area contributed by atoms with Gasteiger partial charge in [0.1, 0.15) is 5.60 Å². The van der Waals surface area contributed by atoms with E-state index in [0.29, 0.717) is 26.2 Å². The zero-order valence-electron chi connectivity index (χ0n) is 13.2. The van der Waals surface area contributed by atoms with Crippen LogP contribution in [0.2, 0.25) is 10.3 Å². The molecule has 9 heteroatoms. The van der Waals surface area contributed by atoms with Crippen molar-refractivity contribution in [1.82, 2.24) is 20.0 Å². The van der Waals surface area contributed by atoms with Crippen LogP contribution in [0.1, 0.15) is 31.1 Å². The summed E-state index contributed by atoms with van der Waals surface area (Å²) in [5, 5.41) is 7.32. The predicted octanol–water partition coefficient (Wildman–Crippen LogP) is 2.48. The standard InChI is InChI=1S/C14H18Cl2N4O3/c1-14(2,3)23-13(22)20-6-4-19(5-7-20)12(21)9-8-10(15)17-18-11(9)16/h8H,4-7H2,1-3H3. The van der Waals surface area contributed by atoms with E-state index in [1.54, 1.807) is 9.80 Å². The van der Waals surface area contributed by atoms with E-state index in [2.05, 4.69) is 10.2 Å². The number of nitrogens with zero attached hydrogens (tertiary/aromatic N) is 4. The molecule has 1 fully saturated rings. The summed E-state index contributed by atoms with van der Waals surface area (Å²) in [7, 11) is 0. The summed E-state index contributed by atoms with van der Waals surface area (Å²) in [6, 6.07) is 1.39. The van der Waals surface area contributed by atoms with Gasteiger partial charge in [-0.3, -0.25) is 4.79 Å². The number of amides is 2. The van der Waals surface area contributed by atoms with Crippen LogP contribution in [0.15, 0.2) is 6.07 Å². The van der Waals surface area contributed by atoms with E-state index in [0.717, 1.165) is 0 Å². The van der Waals surface area contributed by atoms with Crippen LogP contribution in [0.5, 0.6) is 0 Å². The summed E-state index contributed by atoms with van der Waals surface area (Å²) in [5.74, 6) is -0.282. The second-order valence-corrected chi connectivity index (χ2v) is 6.88. The van der Waals surface area contributed by atoms with Crippen molar-refractivity contribution in [3.05, 3.63) is 21.9 Å². The minimum Gasteiger partial charge on any atom is -0.444 e. The van der Waals surface area contributed by atoms with Gasteiger partial charge in [-0.05, 0) is 26.8 Å². The Balaban J connectivity index is 1.97. The number of hydrogen-bond donors (Lipinski definition) is 0. The number of hydrogen-bond acceptors (Lipinski definition) is 5. The minimum atomic E-state index is -0.545. The molecule has 23 heavy (non-hydrogen) atoms. The third-order valence-electron chi connectivity index (χ3n) is 3.17. The van der Waals surface area contributed by atoms with E-state index in [1.807, 2.05) is 20.8 Å². The molecule has 7 nitrogen and oxygen atoms in total. The molecule has 0 radical (unpaired) electrons. The van der Waals surface area contributed by atoms with Crippen molar-refractivity contribution >= 4 is 35.2 Å². The largest absolute Gasteiger partial charge is 0.444 e. The lowest BCUT2D eigenvalue weighted by Crippen LogP contribution is -2.51. The van der Waals surface area contributed by atoms with Gasteiger partial charge >= 0.3 is 6.09 Å². The average molecular weight is 361 g/mol. The maximum atomic E-state index is 12.5. The molecule has 2 heterocycles. The summed E-state index contributed by atoms with van der Waals surface area (Å²) < 4.78 is 5.32. The Bertz CT molecular complexity index is 611. The third-order valence-corrected chi connectivity index (χ3v) is 3.63. The molecule has 126 valence electrons. The maximum Gasteiger partial charge on any atom is 0.410 e. The van der Waals surface area contributed by atoms with E-state index >= 15 is 0 Å². The van der Waals surface area contributed by atoms with E-state index < -0.39 is 5.60 Å². The van der Waals surface area contributed by atoms with E-state index in [9.17, 15) is 9.59 Å². The maximum absolute atomic E-state index is 12.5. The summed E-state index contributed by atoms with van der Waals surface area (Å²) in [4.78, 5) is 27.6. The topological polar surface area (TPSA) is 75.6 Å². The fourth-order valence-electron chi connectivity index (χ4n) is 2.09. The second-order valence-electron chi connectivity index (χ2n) is 6.13. The molecule has 1 aromatic heterocycles. The van der Waals surface area contributed by atoms with Gasteiger partial charge in [-0.15, -0.1) is 10.2 Å². The van der Waals surface area contributed by atoms with Crippen molar-refractivity contribution in [3.8, 4) is 0 Å². The molecule has 2 amide bonds. The molecule has 1 aliphatic heterocycles. The number of aromatic nitrogens is 2. The molecular weight excluding hydrogens is 343 g/mol. The van der Waals surface area contributed by atoms with Gasteiger partial charge in [0.15, 0.2) is 10.3 Å². The van der Waals surface area contributed by atoms with Crippen LogP contribution in [0, 0.1) is 0 Å². The molecule has 0 aliphatic carbocycles. The number of rotatable bonds is 1. The lowest BCUT2D eigenvalue weighted by atomic mass is 10.2. The zero-order valence-corrected chi connectivity index (χ0v) is 14.7. The van der Waals surface area contributed by atoms with Crippen LogP contribution in [0.4, 0.5) is 4.79 Å². The summed E-state index contributed by atoms with van der Waals surface area (Å²) >= 11 is 11.7. The Morgan fingerprint density at radius 2 is 1.65 bits per heavy atom. The Labute approximate surface area is 144 Å². The van der Waals surface area contributed by atoms with Gasteiger partial charge in [-0.1, -0.05) is 23.2 Å². The van der Waals surface area contributed by atoms with Gasteiger partial charge < -0.3 is 14.5 Å². The first-order chi connectivity index (χ1) is 10.7. The second kappa shape index (κ2) is 6.88. The molecule has 1 saturated heterocycles. The Kier molecular flexibility index (Phi) is 5.31. The summed E-state index contributed by atoms with van der Waals surface area (Å²) in [6.45, 7) is 6.99. The van der Waals surface area contributed by atoms with E-state index in [4.69, 9.17) is 27.9 Å². The molecule has 0 aromatic carbocycles. The van der Waals surface area contributed by atoms with Gasteiger partial charge in [0, 0.05) is 26.2 Å². The summed E-state index contributed by atoms with van der Waals surface area (Å²) in [5.41, 5.74) is -0.339. The highest BCUT2D eigenvalue weighted by Gasteiger charge is 2.29. The fourth-order valence-corrected chi connectivity index (χ4v) is 2.41. The first kappa shape index (κ1) is 17.7. The number of piperazine rings is 1. The SMILES string of the molecule is CC(C)(C)OC(=O)N1CCN(C(=O)c2cc(Cl)nnc2Cl)CC1. The normalized spacial score (nSPS) is 15.5. The minimum absolute atomic E-state index is 0.00831. The number of carbonyl (C=O) groups excluding carboxylic acids is 2. The van der Waals surface area contributed by atoms with E-state index in [-0.39, 0.29) is 27.9 Å². The molecule has 1 aliphatic rings. The molecule has 1 aromatic rings. The van der Waals surface area contributed by atoms with Crippen LogP contribution in [-0.2, 0) is 4.74 Å². The molecule has 0 saturated carbocycles. The number of halogens is 2.